The second kappa shape index (κ2) is 15.5. The second-order valence-electron chi connectivity index (χ2n) is 13.2. The normalized spacial score (nSPS) is 12.4. The van der Waals surface area contributed by atoms with Crippen LogP contribution in [0.2, 0.25) is 0 Å². The first-order valence-electron chi connectivity index (χ1n) is 16.3. The number of hydrogen-bond donors (Lipinski definition) is 2. The zero-order chi connectivity index (χ0) is 40.3. The predicted octanol–water partition coefficient (Wildman–Crippen LogP) is 5.53. The van der Waals surface area contributed by atoms with Gasteiger partial charge in [0.25, 0.3) is 10.1 Å². The zero-order valence-electron chi connectivity index (χ0n) is 30.1. The summed E-state index contributed by atoms with van der Waals surface area (Å²) in [5.41, 5.74) is -0.456. The van der Waals surface area contributed by atoms with Gasteiger partial charge in [0.15, 0.2) is 0 Å². The van der Waals surface area contributed by atoms with Crippen LogP contribution < -0.4 is 11.0 Å². The Morgan fingerprint density at radius 3 is 2.27 bits per heavy atom. The highest BCUT2D eigenvalue weighted by Crippen LogP contribution is 2.32. The van der Waals surface area contributed by atoms with E-state index in [1.165, 1.54) is 42.1 Å². The van der Waals surface area contributed by atoms with E-state index in [4.69, 9.17) is 9.08 Å². The first-order valence-corrected chi connectivity index (χ1v) is 17.8. The molecule has 0 aliphatic carbocycles. The summed E-state index contributed by atoms with van der Waals surface area (Å²) in [7, 11) is 1.86. The third-order valence-corrected chi connectivity index (χ3v) is 8.76. The van der Waals surface area contributed by atoms with Gasteiger partial charge >= 0.3 is 17.9 Å². The molecule has 0 aliphatic heterocycles. The lowest BCUT2D eigenvalue weighted by Crippen LogP contribution is -2.38. The topological polar surface area (TPSA) is 191 Å². The zero-order valence-corrected chi connectivity index (χ0v) is 30.9. The molecule has 15 nitrogen and oxygen atoms in total. The van der Waals surface area contributed by atoms with Gasteiger partial charge in [-0.3, -0.25) is 9.12 Å². The van der Waals surface area contributed by atoms with Crippen LogP contribution >= 0.6 is 0 Å². The maximum atomic E-state index is 14.0. The number of amides is 1. The van der Waals surface area contributed by atoms with Crippen molar-refractivity contribution < 1.29 is 39.9 Å². The van der Waals surface area contributed by atoms with Gasteiger partial charge in [0.2, 0.25) is 11.7 Å². The average Bonchev–Trinajstić information content (AvgIpc) is 3.85. The van der Waals surface area contributed by atoms with Crippen molar-refractivity contribution in [3.8, 4) is 28.8 Å². The van der Waals surface area contributed by atoms with Crippen molar-refractivity contribution >= 4 is 16.1 Å². The van der Waals surface area contributed by atoms with Crippen LogP contribution in [0.1, 0.15) is 41.5 Å². The van der Waals surface area contributed by atoms with Gasteiger partial charge in [0.1, 0.15) is 18.3 Å². The lowest BCUT2D eigenvalue weighted by atomic mass is 10.2. The number of carbonyl (C=O) groups is 1. The van der Waals surface area contributed by atoms with E-state index >= 15 is 0 Å². The Balaban J connectivity index is 0.000000504. The van der Waals surface area contributed by atoms with Crippen molar-refractivity contribution in [2.75, 3.05) is 21.1 Å². The quantitative estimate of drug-likeness (QED) is 0.147. The number of nitrogens with zero attached hydrogens (tertiary/aromatic N) is 8. The largest absolute Gasteiger partial charge is 0.416 e. The molecule has 3 heterocycles. The first kappa shape index (κ1) is 39.8. The fourth-order valence-corrected chi connectivity index (χ4v) is 5.92. The molecule has 3 aromatic heterocycles. The summed E-state index contributed by atoms with van der Waals surface area (Å²) in [6.45, 7) is 3.59. The van der Waals surface area contributed by atoms with Gasteiger partial charge in [-0.2, -0.15) is 36.9 Å². The van der Waals surface area contributed by atoms with Crippen LogP contribution in [0.3, 0.4) is 0 Å². The number of nitrogens with one attached hydrogen (secondary N) is 1. The summed E-state index contributed by atoms with van der Waals surface area (Å²) < 4.78 is 79.3. The minimum Gasteiger partial charge on any atom is -0.337 e. The van der Waals surface area contributed by atoms with Crippen LogP contribution in [0, 0.1) is 18.3 Å². The summed E-state index contributed by atoms with van der Waals surface area (Å²) in [6.07, 6.45) is -3.20. The molecule has 6 rings (SSSR count). The summed E-state index contributed by atoms with van der Waals surface area (Å²) in [5, 5.41) is 20.2. The van der Waals surface area contributed by atoms with Gasteiger partial charge in [0, 0.05) is 0 Å². The SMILES string of the molecule is Cc1c(-c2ccnn2-c2ccc(C#N)cc2)n(C(=O)N[C@@H](C)c2nc(C[N+](C)(C)C)no2)c(=O)n1-c1cccc(C(F)(F)F)c1.O=S(=O)(O)c1ccccc1. The fraction of sp³-hybridized carbons (Fsp3) is 0.222. The highest BCUT2D eigenvalue weighted by molar-refractivity contribution is 7.85. The maximum absolute atomic E-state index is 14.0. The standard InChI is InChI=1S/C30H28F3N9O3.C6H6O3S/c1-18(27-37-25(38-45-27)17-42(3,4)5)36-28(43)40-26(24-13-14-35-41(24)22-11-9-20(16-34)10-12-22)19(2)39(29(40)44)23-8-6-7-21(15-23)30(31,32)33;7-10(8,9)6-4-2-1-3-5-6/h6-15,18H,17H2,1-5H3;1-5H,(H,7,8,9)/p+1/t18-;/m0./s1. The Morgan fingerprint density at radius 1 is 1.02 bits per heavy atom. The van der Waals surface area contributed by atoms with Gasteiger partial charge in [-0.05, 0) is 74.5 Å². The van der Waals surface area contributed by atoms with Gasteiger partial charge in [-0.25, -0.2) is 18.8 Å². The number of hydrogen-bond acceptors (Lipinski definition) is 9. The molecule has 0 saturated heterocycles. The van der Waals surface area contributed by atoms with Crippen molar-refractivity contribution in [1.29, 1.82) is 5.26 Å². The second-order valence-corrected chi connectivity index (χ2v) is 14.6. The molecule has 1 amide bonds. The number of imidazole rings is 1. The molecule has 3 aromatic carbocycles. The van der Waals surface area contributed by atoms with Crippen molar-refractivity contribution in [2.45, 2.75) is 37.5 Å². The molecule has 0 unspecified atom stereocenters. The number of halogens is 3. The Morgan fingerprint density at radius 2 is 1.69 bits per heavy atom. The number of carbonyl (C=O) groups excluding carboxylic acids is 1. The molecule has 1 atom stereocenters. The van der Waals surface area contributed by atoms with Crippen molar-refractivity contribution in [3.63, 3.8) is 0 Å². The van der Waals surface area contributed by atoms with Gasteiger partial charge in [-0.15, -0.1) is 0 Å². The number of quaternary nitrogens is 1. The third kappa shape index (κ3) is 9.24. The number of nitriles is 1. The van der Waals surface area contributed by atoms with E-state index < -0.39 is 39.6 Å². The minimum atomic E-state index is -4.66. The monoisotopic (exact) mass is 778 g/mol. The lowest BCUT2D eigenvalue weighted by Gasteiger charge is -2.21. The van der Waals surface area contributed by atoms with E-state index in [1.807, 2.05) is 27.2 Å². The Bertz CT molecular complexity index is 2530. The highest BCUT2D eigenvalue weighted by atomic mass is 32.2. The number of rotatable bonds is 8. The number of benzene rings is 3. The van der Waals surface area contributed by atoms with Crippen LogP contribution in [0.15, 0.2) is 105 Å². The van der Waals surface area contributed by atoms with E-state index in [-0.39, 0.29) is 27.9 Å². The molecule has 0 saturated carbocycles. The smallest absolute Gasteiger partial charge is 0.337 e. The lowest BCUT2D eigenvalue weighted by molar-refractivity contribution is -0.884. The van der Waals surface area contributed by atoms with E-state index in [0.717, 1.165) is 21.3 Å². The molecule has 0 fully saturated rings. The average molecular weight is 779 g/mol. The van der Waals surface area contributed by atoms with Crippen LogP contribution in [0.4, 0.5) is 18.0 Å². The van der Waals surface area contributed by atoms with E-state index in [9.17, 15) is 36.4 Å². The molecule has 0 radical (unpaired) electrons. The van der Waals surface area contributed by atoms with Gasteiger partial charge < -0.3 is 14.3 Å². The molecule has 55 heavy (non-hydrogen) atoms. The summed E-state index contributed by atoms with van der Waals surface area (Å²) in [4.78, 5) is 32.1. The van der Waals surface area contributed by atoms with Crippen molar-refractivity contribution in [2.24, 2.45) is 0 Å². The van der Waals surface area contributed by atoms with Crippen LogP contribution in [-0.4, -0.2) is 73.7 Å². The molecule has 0 bridgehead atoms. The number of alkyl halides is 3. The minimum absolute atomic E-state index is 0.0741. The van der Waals surface area contributed by atoms with Gasteiger partial charge in [0.05, 0.1) is 72.2 Å². The Kier molecular flexibility index (Phi) is 11.3. The summed E-state index contributed by atoms with van der Waals surface area (Å²) in [6, 6.07) is 20.0. The fourth-order valence-electron chi connectivity index (χ4n) is 5.42. The van der Waals surface area contributed by atoms with Crippen LogP contribution in [-0.2, 0) is 22.8 Å². The molecular formula is C36H35F3N9O6S+. The van der Waals surface area contributed by atoms with Crippen LogP contribution in [0.25, 0.3) is 22.8 Å². The molecule has 19 heteroatoms. The van der Waals surface area contributed by atoms with Crippen molar-refractivity contribution in [3.05, 3.63) is 130 Å². The van der Waals surface area contributed by atoms with Crippen molar-refractivity contribution in [1.82, 2.24) is 34.4 Å². The molecule has 0 spiro atoms. The highest BCUT2D eigenvalue weighted by Gasteiger charge is 2.32. The molecule has 2 N–H and O–H groups in total. The maximum Gasteiger partial charge on any atom is 0.416 e. The molecule has 0 aliphatic rings. The van der Waals surface area contributed by atoms with Gasteiger partial charge in [-0.1, -0.05) is 29.4 Å². The Labute approximate surface area is 312 Å². The van der Waals surface area contributed by atoms with E-state index in [2.05, 4.69) is 20.6 Å². The molecule has 286 valence electrons. The predicted molar refractivity (Wildman–Crippen MR) is 192 cm³/mol. The number of aromatic nitrogens is 6. The molecular weight excluding hydrogens is 744 g/mol. The summed E-state index contributed by atoms with van der Waals surface area (Å²) >= 11 is 0. The third-order valence-electron chi connectivity index (χ3n) is 7.90. The van der Waals surface area contributed by atoms with E-state index in [0.29, 0.717) is 33.8 Å². The Hall–Kier alpha value is -6.36. The summed E-state index contributed by atoms with van der Waals surface area (Å²) in [5.74, 6) is 0.535. The first-order chi connectivity index (χ1) is 25.8. The molecule has 6 aromatic rings. The van der Waals surface area contributed by atoms with E-state index in [1.54, 1.807) is 55.5 Å². The van der Waals surface area contributed by atoms with Crippen LogP contribution in [0.5, 0.6) is 0 Å².